The molecule has 108 valence electrons. The van der Waals surface area contributed by atoms with E-state index in [0.717, 1.165) is 0 Å². The molecule has 0 spiro atoms. The summed E-state index contributed by atoms with van der Waals surface area (Å²) in [5, 5.41) is 4.19. The number of pyridine rings is 1. The number of amides is 3. The van der Waals surface area contributed by atoms with Gasteiger partial charge in [-0.2, -0.15) is 0 Å². The van der Waals surface area contributed by atoms with Crippen molar-refractivity contribution in [2.24, 2.45) is 0 Å². The second-order valence-corrected chi connectivity index (χ2v) is 4.61. The Kier molecular flexibility index (Phi) is 4.72. The maximum Gasteiger partial charge on any atom is 0.326 e. The van der Waals surface area contributed by atoms with Gasteiger partial charge in [0, 0.05) is 0 Å². The van der Waals surface area contributed by atoms with Crippen molar-refractivity contribution in [1.29, 1.82) is 0 Å². The van der Waals surface area contributed by atoms with Crippen LogP contribution >= 0.6 is 23.2 Å². The van der Waals surface area contributed by atoms with Crippen LogP contribution in [0.4, 0.5) is 14.9 Å². The number of urea groups is 1. The summed E-state index contributed by atoms with van der Waals surface area (Å²) in [4.78, 5) is 27.1. The summed E-state index contributed by atoms with van der Waals surface area (Å²) in [6.45, 7) is 0. The van der Waals surface area contributed by atoms with Gasteiger partial charge in [0.25, 0.3) is 5.91 Å². The average molecular weight is 328 g/mol. The summed E-state index contributed by atoms with van der Waals surface area (Å²) in [5.41, 5.74) is -0.0760. The van der Waals surface area contributed by atoms with Gasteiger partial charge < -0.3 is 5.32 Å². The first-order valence-electron chi connectivity index (χ1n) is 5.66. The van der Waals surface area contributed by atoms with E-state index in [1.165, 1.54) is 30.3 Å². The molecule has 2 rings (SSSR count). The number of nitrogens with one attached hydrogen (secondary N) is 2. The number of carbonyl (C=O) groups excluding carboxylic acids is 2. The first kappa shape index (κ1) is 15.2. The first-order chi connectivity index (χ1) is 9.97. The highest BCUT2D eigenvalue weighted by molar-refractivity contribution is 6.35. The number of nitrogens with zero attached hydrogens (tertiary/aromatic N) is 1. The number of benzene rings is 1. The van der Waals surface area contributed by atoms with E-state index in [1.54, 1.807) is 6.07 Å². The van der Waals surface area contributed by atoms with Crippen LogP contribution in [-0.4, -0.2) is 16.9 Å². The van der Waals surface area contributed by atoms with E-state index in [2.05, 4.69) is 10.3 Å². The van der Waals surface area contributed by atoms with E-state index >= 15 is 0 Å². The molecule has 0 unspecified atom stereocenters. The Morgan fingerprint density at radius 1 is 1.10 bits per heavy atom. The minimum atomic E-state index is -0.892. The third-order valence-corrected chi connectivity index (χ3v) is 2.91. The zero-order valence-electron chi connectivity index (χ0n) is 10.4. The average Bonchev–Trinajstić information content (AvgIpc) is 2.41. The van der Waals surface area contributed by atoms with Crippen LogP contribution in [0.5, 0.6) is 0 Å². The molecule has 0 aliphatic carbocycles. The summed E-state index contributed by atoms with van der Waals surface area (Å²) < 4.78 is 13.3. The van der Waals surface area contributed by atoms with E-state index in [4.69, 9.17) is 23.2 Å². The van der Waals surface area contributed by atoms with Crippen LogP contribution in [0.15, 0.2) is 36.4 Å². The smallest absolute Gasteiger partial charge is 0.305 e. The van der Waals surface area contributed by atoms with Crippen molar-refractivity contribution in [2.45, 2.75) is 0 Å². The van der Waals surface area contributed by atoms with Gasteiger partial charge in [-0.3, -0.25) is 10.1 Å². The summed E-state index contributed by atoms with van der Waals surface area (Å²) in [6.07, 6.45) is 0. The predicted molar refractivity (Wildman–Crippen MR) is 77.1 cm³/mol. The third kappa shape index (κ3) is 3.90. The van der Waals surface area contributed by atoms with Crippen molar-refractivity contribution < 1.29 is 14.0 Å². The normalized spacial score (nSPS) is 10.0. The molecule has 0 aliphatic rings. The SMILES string of the molecule is O=C(NC(=O)c1ccc(Cl)nc1Cl)Nc1ccccc1F. The Morgan fingerprint density at radius 3 is 2.48 bits per heavy atom. The molecule has 0 bridgehead atoms. The molecule has 8 heteroatoms. The van der Waals surface area contributed by atoms with Crippen LogP contribution in [0.3, 0.4) is 0 Å². The summed E-state index contributed by atoms with van der Waals surface area (Å²) >= 11 is 11.3. The Morgan fingerprint density at radius 2 is 1.81 bits per heavy atom. The molecule has 3 amide bonds. The van der Waals surface area contributed by atoms with Gasteiger partial charge in [0.1, 0.15) is 16.1 Å². The van der Waals surface area contributed by atoms with Crippen LogP contribution < -0.4 is 10.6 Å². The number of aromatic nitrogens is 1. The van der Waals surface area contributed by atoms with Crippen LogP contribution in [0, 0.1) is 5.82 Å². The van der Waals surface area contributed by atoms with Crippen molar-refractivity contribution in [3.63, 3.8) is 0 Å². The van der Waals surface area contributed by atoms with Crippen LogP contribution in [0.25, 0.3) is 0 Å². The van der Waals surface area contributed by atoms with Gasteiger partial charge in [-0.15, -0.1) is 0 Å². The number of halogens is 3. The molecular formula is C13H8Cl2FN3O2. The lowest BCUT2D eigenvalue weighted by Gasteiger charge is -2.08. The van der Waals surface area contributed by atoms with Gasteiger partial charge in [-0.05, 0) is 24.3 Å². The number of carbonyl (C=O) groups is 2. The van der Waals surface area contributed by atoms with Crippen LogP contribution in [-0.2, 0) is 0 Å². The van der Waals surface area contributed by atoms with Gasteiger partial charge in [-0.1, -0.05) is 35.3 Å². The molecule has 2 aromatic rings. The Balaban J connectivity index is 2.06. The number of hydrogen-bond acceptors (Lipinski definition) is 3. The summed E-state index contributed by atoms with van der Waals surface area (Å²) in [7, 11) is 0. The number of hydrogen-bond donors (Lipinski definition) is 2. The number of rotatable bonds is 2. The molecule has 1 heterocycles. The fraction of sp³-hybridized carbons (Fsp3) is 0. The minimum absolute atomic E-state index is 0.0234. The van der Waals surface area contributed by atoms with Crippen molar-refractivity contribution >= 4 is 40.8 Å². The fourth-order valence-corrected chi connectivity index (χ4v) is 1.90. The van der Waals surface area contributed by atoms with Gasteiger partial charge in [0.15, 0.2) is 0 Å². The maximum atomic E-state index is 13.3. The zero-order chi connectivity index (χ0) is 15.4. The van der Waals surface area contributed by atoms with Crippen LogP contribution in [0.2, 0.25) is 10.3 Å². The molecule has 0 saturated carbocycles. The topological polar surface area (TPSA) is 71.1 Å². The molecule has 0 saturated heterocycles. The van der Waals surface area contributed by atoms with Gasteiger partial charge >= 0.3 is 6.03 Å². The Labute approximate surface area is 129 Å². The third-order valence-electron chi connectivity index (χ3n) is 2.41. The first-order valence-corrected chi connectivity index (χ1v) is 6.42. The van der Waals surface area contributed by atoms with Crippen molar-refractivity contribution in [3.8, 4) is 0 Å². The highest BCUT2D eigenvalue weighted by atomic mass is 35.5. The van der Waals surface area contributed by atoms with E-state index in [1.807, 2.05) is 5.32 Å². The highest BCUT2D eigenvalue weighted by Crippen LogP contribution is 2.16. The molecule has 0 atom stereocenters. The fourth-order valence-electron chi connectivity index (χ4n) is 1.47. The second kappa shape index (κ2) is 6.51. The van der Waals surface area contributed by atoms with E-state index in [-0.39, 0.29) is 21.6 Å². The standard InChI is InChI=1S/C13H8Cl2FN3O2/c14-10-6-5-7(11(15)18-10)12(20)19-13(21)17-9-4-2-1-3-8(9)16/h1-6H,(H2,17,19,20,21). The lowest BCUT2D eigenvalue weighted by atomic mass is 10.2. The van der Waals surface area contributed by atoms with Crippen molar-refractivity contribution in [1.82, 2.24) is 10.3 Å². The highest BCUT2D eigenvalue weighted by Gasteiger charge is 2.15. The minimum Gasteiger partial charge on any atom is -0.305 e. The van der Waals surface area contributed by atoms with Crippen LogP contribution in [0.1, 0.15) is 10.4 Å². The summed E-state index contributed by atoms with van der Waals surface area (Å²) in [5.74, 6) is -1.40. The quantitative estimate of drug-likeness (QED) is 0.829. The van der Waals surface area contributed by atoms with E-state index < -0.39 is 17.8 Å². The number of para-hydroxylation sites is 1. The second-order valence-electron chi connectivity index (χ2n) is 3.86. The molecule has 0 fully saturated rings. The van der Waals surface area contributed by atoms with Gasteiger partial charge in [0.05, 0.1) is 11.3 Å². The largest absolute Gasteiger partial charge is 0.326 e. The van der Waals surface area contributed by atoms with Crippen molar-refractivity contribution in [2.75, 3.05) is 5.32 Å². The predicted octanol–water partition coefficient (Wildman–Crippen LogP) is 3.49. The monoisotopic (exact) mass is 327 g/mol. The van der Waals surface area contributed by atoms with Gasteiger partial charge in [-0.25, -0.2) is 14.2 Å². The lowest BCUT2D eigenvalue weighted by molar-refractivity contribution is 0.0967. The molecule has 2 N–H and O–H groups in total. The molecule has 0 aliphatic heterocycles. The Hall–Kier alpha value is -2.18. The number of anilines is 1. The van der Waals surface area contributed by atoms with E-state index in [0.29, 0.717) is 0 Å². The van der Waals surface area contributed by atoms with Gasteiger partial charge in [0.2, 0.25) is 0 Å². The molecule has 21 heavy (non-hydrogen) atoms. The molecule has 5 nitrogen and oxygen atoms in total. The lowest BCUT2D eigenvalue weighted by Crippen LogP contribution is -2.34. The maximum absolute atomic E-state index is 13.3. The summed E-state index contributed by atoms with van der Waals surface area (Å²) in [6, 6.07) is 7.34. The zero-order valence-corrected chi connectivity index (χ0v) is 11.9. The molecule has 1 aromatic heterocycles. The molecule has 1 aromatic carbocycles. The molecular weight excluding hydrogens is 320 g/mol. The number of imide groups is 1. The van der Waals surface area contributed by atoms with E-state index in [9.17, 15) is 14.0 Å². The molecule has 0 radical (unpaired) electrons. The van der Waals surface area contributed by atoms with Crippen molar-refractivity contribution in [3.05, 3.63) is 58.1 Å². The Bertz CT molecular complexity index is 710.